The molecule has 1 aromatic carbocycles. The Balaban J connectivity index is 1.70. The normalized spacial score (nSPS) is 20.7. The van der Waals surface area contributed by atoms with E-state index in [-0.39, 0.29) is 17.9 Å². The van der Waals surface area contributed by atoms with E-state index >= 15 is 0 Å². The van der Waals surface area contributed by atoms with Gasteiger partial charge in [-0.05, 0) is 24.5 Å². The highest BCUT2D eigenvalue weighted by atomic mass is 16.1. The fourth-order valence-electron chi connectivity index (χ4n) is 3.01. The average molecular weight is 296 g/mol. The van der Waals surface area contributed by atoms with Gasteiger partial charge < -0.3 is 11.1 Å². The number of amides is 1. The third kappa shape index (κ3) is 3.42. The van der Waals surface area contributed by atoms with Gasteiger partial charge in [0, 0.05) is 18.7 Å². The van der Waals surface area contributed by atoms with Crippen LogP contribution >= 0.6 is 0 Å². The second kappa shape index (κ2) is 6.56. The molecule has 2 aromatic rings. The van der Waals surface area contributed by atoms with Gasteiger partial charge in [0.1, 0.15) is 11.6 Å². The van der Waals surface area contributed by atoms with Crippen LogP contribution in [-0.2, 0) is 11.2 Å². The molecule has 3 N–H and O–H groups in total. The van der Waals surface area contributed by atoms with E-state index in [1.54, 1.807) is 6.20 Å². The lowest BCUT2D eigenvalue weighted by atomic mass is 10.0. The number of aromatic nitrogens is 2. The second-order valence-electron chi connectivity index (χ2n) is 5.71. The molecule has 2 atom stereocenters. The zero-order valence-electron chi connectivity index (χ0n) is 12.4. The maximum absolute atomic E-state index is 11.5. The van der Waals surface area contributed by atoms with Crippen molar-refractivity contribution in [2.24, 2.45) is 11.7 Å². The first-order valence-electron chi connectivity index (χ1n) is 7.64. The molecule has 22 heavy (non-hydrogen) atoms. The summed E-state index contributed by atoms with van der Waals surface area (Å²) in [5.74, 6) is 1.20. The quantitative estimate of drug-likeness (QED) is 0.885. The fraction of sp³-hybridized carbons (Fsp3) is 0.353. The molecule has 0 saturated heterocycles. The monoisotopic (exact) mass is 296 g/mol. The predicted molar refractivity (Wildman–Crippen MR) is 85.2 cm³/mol. The molecular weight excluding hydrogens is 276 g/mol. The fourth-order valence-corrected chi connectivity index (χ4v) is 3.01. The van der Waals surface area contributed by atoms with Gasteiger partial charge in [0.2, 0.25) is 5.91 Å². The van der Waals surface area contributed by atoms with Gasteiger partial charge in [-0.25, -0.2) is 9.97 Å². The van der Waals surface area contributed by atoms with Crippen LogP contribution in [0.3, 0.4) is 0 Å². The Hall–Kier alpha value is -2.43. The van der Waals surface area contributed by atoms with Gasteiger partial charge in [-0.2, -0.15) is 0 Å². The Morgan fingerprint density at radius 3 is 2.82 bits per heavy atom. The van der Waals surface area contributed by atoms with Crippen molar-refractivity contribution in [3.05, 3.63) is 54.0 Å². The molecule has 1 fully saturated rings. The molecule has 5 heteroatoms. The van der Waals surface area contributed by atoms with Crippen molar-refractivity contribution in [1.82, 2.24) is 9.97 Å². The van der Waals surface area contributed by atoms with E-state index in [0.717, 1.165) is 30.9 Å². The van der Waals surface area contributed by atoms with Gasteiger partial charge >= 0.3 is 0 Å². The molecule has 0 bridgehead atoms. The Kier molecular flexibility index (Phi) is 4.32. The van der Waals surface area contributed by atoms with Gasteiger partial charge in [0.05, 0.1) is 5.92 Å². The Labute approximate surface area is 130 Å². The number of primary amides is 1. The van der Waals surface area contributed by atoms with Crippen molar-refractivity contribution in [3.63, 3.8) is 0 Å². The number of hydrogen-bond acceptors (Lipinski definition) is 4. The number of benzene rings is 1. The Bertz CT molecular complexity index is 644. The van der Waals surface area contributed by atoms with Crippen molar-refractivity contribution in [2.75, 3.05) is 5.32 Å². The molecule has 0 spiro atoms. The standard InChI is InChI=1S/C17H20N4O/c18-17(22)13-7-4-8-14(13)20-15-9-10-19-16(21-15)11-12-5-2-1-3-6-12/h1-3,5-6,9-10,13-14H,4,7-8,11H2,(H2,18,22)(H,19,20,21)/t13-,14+/m1/s1. The summed E-state index contributed by atoms with van der Waals surface area (Å²) in [6.45, 7) is 0. The van der Waals surface area contributed by atoms with Crippen molar-refractivity contribution in [1.29, 1.82) is 0 Å². The molecule has 1 aliphatic rings. The molecule has 114 valence electrons. The number of nitrogens with one attached hydrogen (secondary N) is 1. The lowest BCUT2D eigenvalue weighted by Crippen LogP contribution is -2.34. The first kappa shape index (κ1) is 14.5. The zero-order chi connectivity index (χ0) is 15.4. The van der Waals surface area contributed by atoms with Crippen LogP contribution in [0.15, 0.2) is 42.6 Å². The first-order chi connectivity index (χ1) is 10.7. The number of nitrogens with zero attached hydrogens (tertiary/aromatic N) is 2. The van der Waals surface area contributed by atoms with E-state index in [9.17, 15) is 4.79 Å². The molecule has 0 unspecified atom stereocenters. The molecule has 3 rings (SSSR count). The summed E-state index contributed by atoms with van der Waals surface area (Å²) >= 11 is 0. The summed E-state index contributed by atoms with van der Waals surface area (Å²) < 4.78 is 0. The second-order valence-corrected chi connectivity index (χ2v) is 5.71. The summed E-state index contributed by atoms with van der Waals surface area (Å²) in [4.78, 5) is 20.3. The number of carbonyl (C=O) groups excluding carboxylic acids is 1. The predicted octanol–water partition coefficient (Wildman–Crippen LogP) is 2.13. The van der Waals surface area contributed by atoms with Crippen LogP contribution in [0.25, 0.3) is 0 Å². The van der Waals surface area contributed by atoms with Gasteiger partial charge in [-0.1, -0.05) is 36.8 Å². The summed E-state index contributed by atoms with van der Waals surface area (Å²) in [5.41, 5.74) is 6.64. The van der Waals surface area contributed by atoms with E-state index in [2.05, 4.69) is 27.4 Å². The summed E-state index contributed by atoms with van der Waals surface area (Å²) in [5, 5.41) is 3.35. The van der Waals surface area contributed by atoms with E-state index in [4.69, 9.17) is 5.73 Å². The van der Waals surface area contributed by atoms with Crippen LogP contribution in [0.2, 0.25) is 0 Å². The lowest BCUT2D eigenvalue weighted by molar-refractivity contribution is -0.121. The highest BCUT2D eigenvalue weighted by molar-refractivity contribution is 5.78. The van der Waals surface area contributed by atoms with E-state index < -0.39 is 0 Å². The van der Waals surface area contributed by atoms with Crippen LogP contribution in [0.4, 0.5) is 5.82 Å². The molecule has 1 saturated carbocycles. The minimum Gasteiger partial charge on any atom is -0.369 e. The molecule has 1 aromatic heterocycles. The molecular formula is C17H20N4O. The number of anilines is 1. The van der Waals surface area contributed by atoms with Crippen LogP contribution in [-0.4, -0.2) is 21.9 Å². The number of nitrogens with two attached hydrogens (primary N) is 1. The minimum absolute atomic E-state index is 0.0805. The van der Waals surface area contributed by atoms with Crippen molar-refractivity contribution in [2.45, 2.75) is 31.7 Å². The first-order valence-corrected chi connectivity index (χ1v) is 7.64. The van der Waals surface area contributed by atoms with Crippen LogP contribution < -0.4 is 11.1 Å². The third-order valence-corrected chi connectivity index (χ3v) is 4.13. The number of rotatable bonds is 5. The molecule has 0 aliphatic heterocycles. The van der Waals surface area contributed by atoms with Crippen molar-refractivity contribution >= 4 is 11.7 Å². The number of carbonyl (C=O) groups is 1. The van der Waals surface area contributed by atoms with Gasteiger partial charge in [-0.15, -0.1) is 0 Å². The maximum atomic E-state index is 11.5. The summed E-state index contributed by atoms with van der Waals surface area (Å²) in [6.07, 6.45) is 5.27. The smallest absolute Gasteiger partial charge is 0.222 e. The molecule has 0 radical (unpaired) electrons. The van der Waals surface area contributed by atoms with Crippen molar-refractivity contribution < 1.29 is 4.79 Å². The van der Waals surface area contributed by atoms with E-state index in [1.807, 2.05) is 24.3 Å². The van der Waals surface area contributed by atoms with Crippen LogP contribution in [0.1, 0.15) is 30.7 Å². The molecule has 1 aliphatic carbocycles. The third-order valence-electron chi connectivity index (χ3n) is 4.13. The highest BCUT2D eigenvalue weighted by Gasteiger charge is 2.31. The molecule has 1 amide bonds. The minimum atomic E-state index is -0.228. The molecule has 5 nitrogen and oxygen atoms in total. The summed E-state index contributed by atoms with van der Waals surface area (Å²) in [7, 11) is 0. The maximum Gasteiger partial charge on any atom is 0.222 e. The zero-order valence-corrected chi connectivity index (χ0v) is 12.4. The number of hydrogen-bond donors (Lipinski definition) is 2. The van der Waals surface area contributed by atoms with Crippen molar-refractivity contribution in [3.8, 4) is 0 Å². The topological polar surface area (TPSA) is 80.9 Å². The van der Waals surface area contributed by atoms with E-state index in [0.29, 0.717) is 6.42 Å². The highest BCUT2D eigenvalue weighted by Crippen LogP contribution is 2.27. The van der Waals surface area contributed by atoms with Gasteiger partial charge in [0.25, 0.3) is 0 Å². The van der Waals surface area contributed by atoms with E-state index in [1.165, 1.54) is 5.56 Å². The SMILES string of the molecule is NC(=O)[C@@H]1CCC[C@@H]1Nc1ccnc(Cc2ccccc2)n1. The lowest BCUT2D eigenvalue weighted by Gasteiger charge is -2.19. The van der Waals surface area contributed by atoms with Crippen LogP contribution in [0, 0.1) is 5.92 Å². The van der Waals surface area contributed by atoms with Gasteiger partial charge in [-0.3, -0.25) is 4.79 Å². The largest absolute Gasteiger partial charge is 0.369 e. The Morgan fingerprint density at radius 1 is 1.23 bits per heavy atom. The average Bonchev–Trinajstić information content (AvgIpc) is 2.97. The summed E-state index contributed by atoms with van der Waals surface area (Å²) in [6, 6.07) is 12.0. The van der Waals surface area contributed by atoms with Gasteiger partial charge in [0.15, 0.2) is 0 Å². The Morgan fingerprint density at radius 2 is 2.05 bits per heavy atom. The van der Waals surface area contributed by atoms with Crippen LogP contribution in [0.5, 0.6) is 0 Å². The molecule has 1 heterocycles.